The molecule has 0 aromatic heterocycles. The molecular weight excluding hydrogens is 242 g/mol. The molecule has 1 atom stereocenters. The van der Waals surface area contributed by atoms with Gasteiger partial charge in [0.2, 0.25) is 0 Å². The van der Waals surface area contributed by atoms with Crippen LogP contribution in [-0.2, 0) is 11.3 Å². The number of benzene rings is 1. The summed E-state index contributed by atoms with van der Waals surface area (Å²) in [6, 6.07) is 5.87. The summed E-state index contributed by atoms with van der Waals surface area (Å²) in [5.41, 5.74) is 1.98. The van der Waals surface area contributed by atoms with Gasteiger partial charge in [-0.25, -0.2) is 4.79 Å². The Morgan fingerprint density at radius 2 is 2.16 bits per heavy atom. The van der Waals surface area contributed by atoms with Gasteiger partial charge < -0.3 is 15.2 Å². The van der Waals surface area contributed by atoms with E-state index >= 15 is 0 Å². The minimum absolute atomic E-state index is 0.450. The Labute approximate surface area is 114 Å². The van der Waals surface area contributed by atoms with Crippen molar-refractivity contribution in [3.05, 3.63) is 29.3 Å². The molecule has 1 aromatic carbocycles. The molecular formula is C15H23NO3. The molecule has 0 saturated heterocycles. The molecule has 0 aliphatic heterocycles. The Balaban J connectivity index is 2.87. The number of nitrogens with one attached hydrogen (secondary N) is 1. The molecule has 1 unspecified atom stereocenters. The van der Waals surface area contributed by atoms with Gasteiger partial charge in [-0.3, -0.25) is 0 Å². The topological polar surface area (TPSA) is 58.6 Å². The van der Waals surface area contributed by atoms with Gasteiger partial charge in [0.15, 0.2) is 6.10 Å². The molecule has 0 fully saturated rings. The summed E-state index contributed by atoms with van der Waals surface area (Å²) in [6.45, 7) is 7.49. The van der Waals surface area contributed by atoms with Gasteiger partial charge in [-0.05, 0) is 31.9 Å². The number of carbonyl (C=O) groups is 1. The molecule has 4 heteroatoms. The number of carboxylic acid groups (broad SMARTS) is 1. The van der Waals surface area contributed by atoms with Crippen molar-refractivity contribution in [1.82, 2.24) is 5.32 Å². The third-order valence-corrected chi connectivity index (χ3v) is 2.94. The van der Waals surface area contributed by atoms with Crippen molar-refractivity contribution in [3.63, 3.8) is 0 Å². The zero-order chi connectivity index (χ0) is 14.3. The minimum Gasteiger partial charge on any atom is -0.479 e. The first-order valence-electron chi connectivity index (χ1n) is 6.78. The number of ether oxygens (including phenoxy) is 1. The van der Waals surface area contributed by atoms with Gasteiger partial charge in [-0.1, -0.05) is 32.0 Å². The first-order chi connectivity index (χ1) is 9.10. The van der Waals surface area contributed by atoms with Crippen LogP contribution in [0.1, 0.15) is 37.8 Å². The Morgan fingerprint density at radius 1 is 1.42 bits per heavy atom. The maximum absolute atomic E-state index is 11.1. The highest BCUT2D eigenvalue weighted by Crippen LogP contribution is 2.25. The van der Waals surface area contributed by atoms with Gasteiger partial charge in [0.05, 0.1) is 0 Å². The quantitative estimate of drug-likeness (QED) is 0.710. The van der Waals surface area contributed by atoms with E-state index in [1.165, 1.54) is 0 Å². The first kappa shape index (κ1) is 15.5. The zero-order valence-corrected chi connectivity index (χ0v) is 11.9. The highest BCUT2D eigenvalue weighted by molar-refractivity contribution is 5.72. The van der Waals surface area contributed by atoms with Crippen molar-refractivity contribution >= 4 is 5.97 Å². The zero-order valence-electron chi connectivity index (χ0n) is 11.9. The van der Waals surface area contributed by atoms with Crippen LogP contribution >= 0.6 is 0 Å². The van der Waals surface area contributed by atoms with E-state index in [2.05, 4.69) is 12.2 Å². The molecule has 19 heavy (non-hydrogen) atoms. The lowest BCUT2D eigenvalue weighted by Gasteiger charge is -2.18. The molecule has 0 aliphatic carbocycles. The maximum Gasteiger partial charge on any atom is 0.344 e. The van der Waals surface area contributed by atoms with Crippen LogP contribution in [0.4, 0.5) is 0 Å². The molecule has 0 heterocycles. The number of aryl methyl sites for hydroxylation is 1. The molecule has 2 N–H and O–H groups in total. The summed E-state index contributed by atoms with van der Waals surface area (Å²) >= 11 is 0. The summed E-state index contributed by atoms with van der Waals surface area (Å²) in [5, 5.41) is 12.4. The Morgan fingerprint density at radius 3 is 2.74 bits per heavy atom. The average molecular weight is 265 g/mol. The molecule has 1 rings (SSSR count). The van der Waals surface area contributed by atoms with Crippen molar-refractivity contribution in [1.29, 1.82) is 0 Å². The van der Waals surface area contributed by atoms with Crippen LogP contribution in [0, 0.1) is 6.92 Å². The monoisotopic (exact) mass is 265 g/mol. The van der Waals surface area contributed by atoms with Crippen molar-refractivity contribution in [3.8, 4) is 5.75 Å². The highest BCUT2D eigenvalue weighted by atomic mass is 16.5. The maximum atomic E-state index is 11.1. The van der Waals surface area contributed by atoms with Gasteiger partial charge in [0.1, 0.15) is 5.75 Å². The molecule has 0 amide bonds. The molecule has 0 saturated carbocycles. The predicted octanol–water partition coefficient (Wildman–Crippen LogP) is 2.74. The Hall–Kier alpha value is -1.55. The van der Waals surface area contributed by atoms with Gasteiger partial charge in [-0.2, -0.15) is 0 Å². The Bertz CT molecular complexity index is 418. The summed E-state index contributed by atoms with van der Waals surface area (Å²) in [6.07, 6.45) is 0.728. The minimum atomic E-state index is -0.918. The third-order valence-electron chi connectivity index (χ3n) is 2.94. The van der Waals surface area contributed by atoms with Crippen molar-refractivity contribution < 1.29 is 14.6 Å². The smallest absolute Gasteiger partial charge is 0.344 e. The molecule has 1 aromatic rings. The molecule has 106 valence electrons. The van der Waals surface area contributed by atoms with Gasteiger partial charge in [-0.15, -0.1) is 0 Å². The fourth-order valence-corrected chi connectivity index (χ4v) is 1.87. The molecule has 4 nitrogen and oxygen atoms in total. The highest BCUT2D eigenvalue weighted by Gasteiger charge is 2.19. The summed E-state index contributed by atoms with van der Waals surface area (Å²) in [7, 11) is 0. The normalized spacial score (nSPS) is 12.2. The molecule has 0 radical (unpaired) electrons. The second kappa shape index (κ2) is 7.79. The van der Waals surface area contributed by atoms with Crippen molar-refractivity contribution in [2.24, 2.45) is 0 Å². The second-order valence-corrected chi connectivity index (χ2v) is 4.59. The van der Waals surface area contributed by atoms with Crippen LogP contribution in [-0.4, -0.2) is 23.7 Å². The van der Waals surface area contributed by atoms with E-state index in [1.807, 2.05) is 32.0 Å². The van der Waals surface area contributed by atoms with Crippen LogP contribution in [0.5, 0.6) is 5.75 Å². The van der Waals surface area contributed by atoms with E-state index in [1.54, 1.807) is 0 Å². The first-order valence-corrected chi connectivity index (χ1v) is 6.78. The summed E-state index contributed by atoms with van der Waals surface area (Å²) < 4.78 is 5.68. The van der Waals surface area contributed by atoms with E-state index in [-0.39, 0.29) is 0 Å². The van der Waals surface area contributed by atoms with Crippen LogP contribution in [0.2, 0.25) is 0 Å². The fourth-order valence-electron chi connectivity index (χ4n) is 1.87. The fraction of sp³-hybridized carbons (Fsp3) is 0.533. The number of carboxylic acids is 1. The second-order valence-electron chi connectivity index (χ2n) is 4.59. The molecule has 0 bridgehead atoms. The van der Waals surface area contributed by atoms with E-state index in [4.69, 9.17) is 9.84 Å². The lowest BCUT2D eigenvalue weighted by atomic mass is 10.1. The van der Waals surface area contributed by atoms with E-state index in [0.29, 0.717) is 18.7 Å². The van der Waals surface area contributed by atoms with Gasteiger partial charge >= 0.3 is 5.97 Å². The lowest BCUT2D eigenvalue weighted by Crippen LogP contribution is -2.27. The largest absolute Gasteiger partial charge is 0.479 e. The SMILES string of the molecule is CCCNCc1cccc(C)c1OC(CC)C(=O)O. The summed E-state index contributed by atoms with van der Waals surface area (Å²) in [4.78, 5) is 11.1. The van der Waals surface area contributed by atoms with Crippen LogP contribution in [0.3, 0.4) is 0 Å². The average Bonchev–Trinajstić information content (AvgIpc) is 2.38. The number of rotatable bonds is 8. The number of para-hydroxylation sites is 1. The van der Waals surface area contributed by atoms with E-state index < -0.39 is 12.1 Å². The van der Waals surface area contributed by atoms with Crippen molar-refractivity contribution in [2.45, 2.75) is 46.3 Å². The third kappa shape index (κ3) is 4.56. The molecule has 0 spiro atoms. The lowest BCUT2D eigenvalue weighted by molar-refractivity contribution is -0.145. The van der Waals surface area contributed by atoms with E-state index in [9.17, 15) is 4.79 Å². The number of hydrogen-bond acceptors (Lipinski definition) is 3. The number of aliphatic carboxylic acids is 1. The van der Waals surface area contributed by atoms with Crippen LogP contribution in [0.25, 0.3) is 0 Å². The van der Waals surface area contributed by atoms with Gasteiger partial charge in [0.25, 0.3) is 0 Å². The predicted molar refractivity (Wildman–Crippen MR) is 75.5 cm³/mol. The van der Waals surface area contributed by atoms with Crippen LogP contribution in [0.15, 0.2) is 18.2 Å². The standard InChI is InChI=1S/C15H23NO3/c1-4-9-16-10-12-8-6-7-11(3)14(12)19-13(5-2)15(17)18/h6-8,13,16H,4-5,9-10H2,1-3H3,(H,17,18). The number of hydrogen-bond donors (Lipinski definition) is 2. The molecule has 0 aliphatic rings. The van der Waals surface area contributed by atoms with Crippen LogP contribution < -0.4 is 10.1 Å². The summed E-state index contributed by atoms with van der Waals surface area (Å²) in [5.74, 6) is -0.224. The van der Waals surface area contributed by atoms with E-state index in [0.717, 1.165) is 24.1 Å². The Kier molecular flexibility index (Phi) is 6.36. The van der Waals surface area contributed by atoms with Crippen molar-refractivity contribution in [2.75, 3.05) is 6.54 Å². The van der Waals surface area contributed by atoms with Gasteiger partial charge in [0, 0.05) is 12.1 Å².